The van der Waals surface area contributed by atoms with Crippen molar-refractivity contribution in [1.29, 1.82) is 0 Å². The van der Waals surface area contributed by atoms with Crippen molar-refractivity contribution in [3.05, 3.63) is 59.9 Å². The quantitative estimate of drug-likeness (QED) is 0.582. The highest BCUT2D eigenvalue weighted by Crippen LogP contribution is 2.31. The molecule has 34 heavy (non-hydrogen) atoms. The van der Waals surface area contributed by atoms with E-state index in [1.807, 2.05) is 30.3 Å². The fourth-order valence-electron chi connectivity index (χ4n) is 4.47. The molecule has 0 radical (unpaired) electrons. The maximum atomic E-state index is 12.9. The molecular formula is C26H28N4O4. The summed E-state index contributed by atoms with van der Waals surface area (Å²) in [6, 6.07) is 13.5. The normalized spacial score (nSPS) is 21.1. The minimum atomic E-state index is -0.218. The van der Waals surface area contributed by atoms with Gasteiger partial charge in [-0.25, -0.2) is 4.68 Å². The fourth-order valence-corrected chi connectivity index (χ4v) is 4.47. The van der Waals surface area contributed by atoms with Crippen LogP contribution in [0.15, 0.2) is 48.7 Å². The lowest BCUT2D eigenvalue weighted by Crippen LogP contribution is -2.42. The SMILES string of the molecule is O=C(N[C@H]1COc2ccc(-c3ccccn3)cc2C1)c1cc2n(n1)CC[C@H](COCC1CC1)O2. The number of aromatic nitrogens is 3. The standard InChI is InChI=1S/C26H28N4O4/c31-26(23-13-25-30(29-23)10-8-21(34-25)16-32-14-17-4-5-17)28-20-12-19-11-18(6-7-24(19)33-15-20)22-3-1-2-9-27-22/h1-3,6-7,9,11,13,17,20-21H,4-5,8,10,12,14-16H2,(H,28,31)/t20-,21-/m1/s1. The number of rotatable bonds is 7. The molecule has 8 heteroatoms. The summed E-state index contributed by atoms with van der Waals surface area (Å²) < 4.78 is 19.5. The maximum Gasteiger partial charge on any atom is 0.272 e. The molecule has 1 saturated carbocycles. The molecule has 6 rings (SSSR count). The second kappa shape index (κ2) is 9.10. The van der Waals surface area contributed by atoms with Gasteiger partial charge in [0.2, 0.25) is 5.88 Å². The Kier molecular flexibility index (Phi) is 5.66. The third kappa shape index (κ3) is 4.63. The van der Waals surface area contributed by atoms with Crippen LogP contribution in [0.2, 0.25) is 0 Å². The van der Waals surface area contributed by atoms with Crippen molar-refractivity contribution in [3.8, 4) is 22.9 Å². The van der Waals surface area contributed by atoms with E-state index >= 15 is 0 Å². The number of nitrogens with zero attached hydrogens (tertiary/aromatic N) is 3. The molecule has 1 aliphatic carbocycles. The van der Waals surface area contributed by atoms with Crippen LogP contribution in [-0.4, -0.2) is 52.6 Å². The first kappa shape index (κ1) is 21.2. The lowest BCUT2D eigenvalue weighted by atomic mass is 9.99. The van der Waals surface area contributed by atoms with E-state index < -0.39 is 0 Å². The molecule has 2 atom stereocenters. The molecule has 1 amide bonds. The number of nitrogens with one attached hydrogen (secondary N) is 1. The molecule has 2 aromatic heterocycles. The first-order chi connectivity index (χ1) is 16.7. The van der Waals surface area contributed by atoms with Gasteiger partial charge in [-0.05, 0) is 61.1 Å². The molecule has 0 unspecified atom stereocenters. The van der Waals surface area contributed by atoms with Crippen LogP contribution in [0.25, 0.3) is 11.3 Å². The summed E-state index contributed by atoms with van der Waals surface area (Å²) in [5, 5.41) is 7.53. The minimum Gasteiger partial charge on any atom is -0.491 e. The molecule has 1 N–H and O–H groups in total. The molecule has 4 heterocycles. The van der Waals surface area contributed by atoms with Gasteiger partial charge in [-0.2, -0.15) is 5.10 Å². The lowest BCUT2D eigenvalue weighted by molar-refractivity contribution is 0.0221. The zero-order valence-corrected chi connectivity index (χ0v) is 19.0. The highest BCUT2D eigenvalue weighted by Gasteiger charge is 2.28. The summed E-state index contributed by atoms with van der Waals surface area (Å²) in [4.78, 5) is 17.4. The van der Waals surface area contributed by atoms with E-state index in [1.165, 1.54) is 12.8 Å². The number of aryl methyl sites for hydroxylation is 1. The average molecular weight is 461 g/mol. The van der Waals surface area contributed by atoms with Gasteiger partial charge in [0, 0.05) is 37.4 Å². The molecule has 3 aromatic rings. The molecule has 1 aromatic carbocycles. The molecule has 2 aliphatic heterocycles. The molecule has 3 aliphatic rings. The van der Waals surface area contributed by atoms with E-state index in [0.29, 0.717) is 31.2 Å². The monoisotopic (exact) mass is 460 g/mol. The van der Waals surface area contributed by atoms with Gasteiger partial charge in [-0.15, -0.1) is 0 Å². The van der Waals surface area contributed by atoms with Crippen LogP contribution in [0.1, 0.15) is 35.3 Å². The van der Waals surface area contributed by atoms with Crippen molar-refractivity contribution in [1.82, 2.24) is 20.1 Å². The van der Waals surface area contributed by atoms with Crippen LogP contribution in [0.4, 0.5) is 0 Å². The van der Waals surface area contributed by atoms with Gasteiger partial charge in [0.05, 0.1) is 18.3 Å². The number of benzene rings is 1. The van der Waals surface area contributed by atoms with E-state index in [9.17, 15) is 4.79 Å². The molecule has 176 valence electrons. The number of ether oxygens (including phenoxy) is 3. The average Bonchev–Trinajstić information content (AvgIpc) is 3.59. The highest BCUT2D eigenvalue weighted by molar-refractivity contribution is 5.92. The Hall–Kier alpha value is -3.39. The van der Waals surface area contributed by atoms with E-state index in [0.717, 1.165) is 48.1 Å². The number of carbonyl (C=O) groups is 1. The Labute approximate surface area is 198 Å². The third-order valence-corrected chi connectivity index (χ3v) is 6.54. The lowest BCUT2D eigenvalue weighted by Gasteiger charge is -2.26. The smallest absolute Gasteiger partial charge is 0.272 e. The number of amides is 1. The van der Waals surface area contributed by atoms with Crippen molar-refractivity contribution in [2.45, 2.75) is 44.4 Å². The molecule has 1 fully saturated rings. The summed E-state index contributed by atoms with van der Waals surface area (Å²) >= 11 is 0. The van der Waals surface area contributed by atoms with E-state index in [2.05, 4.69) is 21.5 Å². The fraction of sp³-hybridized carbons (Fsp3) is 0.423. The van der Waals surface area contributed by atoms with Crippen LogP contribution in [0.5, 0.6) is 11.6 Å². The number of carbonyl (C=O) groups excluding carboxylic acids is 1. The van der Waals surface area contributed by atoms with Crippen molar-refractivity contribution in [2.75, 3.05) is 19.8 Å². The Bertz CT molecular complexity index is 1170. The van der Waals surface area contributed by atoms with Crippen LogP contribution < -0.4 is 14.8 Å². The first-order valence-electron chi connectivity index (χ1n) is 12.0. The van der Waals surface area contributed by atoms with Crippen molar-refractivity contribution < 1.29 is 19.0 Å². The van der Waals surface area contributed by atoms with E-state index in [-0.39, 0.29) is 18.1 Å². The van der Waals surface area contributed by atoms with Gasteiger partial charge < -0.3 is 19.5 Å². The predicted molar refractivity (Wildman–Crippen MR) is 125 cm³/mol. The van der Waals surface area contributed by atoms with E-state index in [1.54, 1.807) is 16.9 Å². The summed E-state index contributed by atoms with van der Waals surface area (Å²) in [7, 11) is 0. The van der Waals surface area contributed by atoms with Gasteiger partial charge in [0.1, 0.15) is 18.5 Å². The number of hydrogen-bond acceptors (Lipinski definition) is 6. The Morgan fingerprint density at radius 3 is 2.94 bits per heavy atom. The van der Waals surface area contributed by atoms with Gasteiger partial charge in [-0.3, -0.25) is 9.78 Å². The van der Waals surface area contributed by atoms with Crippen molar-refractivity contribution in [3.63, 3.8) is 0 Å². The zero-order chi connectivity index (χ0) is 22.9. The molecule has 0 bridgehead atoms. The van der Waals surface area contributed by atoms with Crippen LogP contribution in [0, 0.1) is 5.92 Å². The molecule has 8 nitrogen and oxygen atoms in total. The minimum absolute atomic E-state index is 0.00964. The largest absolute Gasteiger partial charge is 0.491 e. The second-order valence-electron chi connectivity index (χ2n) is 9.32. The topological polar surface area (TPSA) is 87.5 Å². The van der Waals surface area contributed by atoms with Crippen molar-refractivity contribution >= 4 is 5.91 Å². The summed E-state index contributed by atoms with van der Waals surface area (Å²) in [5.41, 5.74) is 3.37. The highest BCUT2D eigenvalue weighted by atomic mass is 16.5. The molecule has 0 saturated heterocycles. The predicted octanol–water partition coefficient (Wildman–Crippen LogP) is 3.26. The number of hydrogen-bond donors (Lipinski definition) is 1. The van der Waals surface area contributed by atoms with Gasteiger partial charge in [0.15, 0.2) is 5.69 Å². The van der Waals surface area contributed by atoms with Crippen LogP contribution >= 0.6 is 0 Å². The number of pyridine rings is 1. The zero-order valence-electron chi connectivity index (χ0n) is 19.0. The van der Waals surface area contributed by atoms with Crippen molar-refractivity contribution in [2.24, 2.45) is 5.92 Å². The Morgan fingerprint density at radius 2 is 2.09 bits per heavy atom. The Balaban J connectivity index is 1.08. The Morgan fingerprint density at radius 1 is 1.15 bits per heavy atom. The van der Waals surface area contributed by atoms with Gasteiger partial charge >= 0.3 is 0 Å². The molecule has 0 spiro atoms. The first-order valence-corrected chi connectivity index (χ1v) is 12.0. The maximum absolute atomic E-state index is 12.9. The number of fused-ring (bicyclic) bond motifs is 2. The van der Waals surface area contributed by atoms with Crippen LogP contribution in [-0.2, 0) is 17.7 Å². The van der Waals surface area contributed by atoms with Gasteiger partial charge in [0.25, 0.3) is 5.91 Å². The molecular weight excluding hydrogens is 432 g/mol. The summed E-state index contributed by atoms with van der Waals surface area (Å²) in [6.07, 6.45) is 5.86. The third-order valence-electron chi connectivity index (χ3n) is 6.54. The van der Waals surface area contributed by atoms with Crippen LogP contribution in [0.3, 0.4) is 0 Å². The van der Waals surface area contributed by atoms with E-state index in [4.69, 9.17) is 14.2 Å². The summed E-state index contributed by atoms with van der Waals surface area (Å²) in [6.45, 7) is 2.55. The summed E-state index contributed by atoms with van der Waals surface area (Å²) in [5.74, 6) is 2.00. The van der Waals surface area contributed by atoms with Gasteiger partial charge in [-0.1, -0.05) is 6.07 Å². The second-order valence-corrected chi connectivity index (χ2v) is 9.32.